The van der Waals surface area contributed by atoms with Crippen LogP contribution >= 0.6 is 0 Å². The van der Waals surface area contributed by atoms with Crippen LogP contribution < -0.4 is 0 Å². The molecule has 0 amide bonds. The normalized spacial score (nSPS) is 53.0. The molecule has 1 saturated heterocycles. The zero-order valence-corrected chi connectivity index (χ0v) is 15.2. The molecule has 130 valence electrons. The molecule has 0 unspecified atom stereocenters. The molecule has 1 heterocycles. The first-order valence-electron chi connectivity index (χ1n) is 9.21. The first kappa shape index (κ1) is 17.0. The standard InChI is InChI=1S/C20H32O3/c1-6-17(3)12-13-20(23-17)14(2)8-9-15-18(4,16(21)22)10-7-11-19(15,20)5/h6,14-15H,1,7-13H2,2-5H3,(H,21,22)/t14-,15-,17+,18+,19-,20+/m1/s1. The number of carboxylic acids is 1. The fourth-order valence-corrected chi connectivity index (χ4v) is 6.33. The highest BCUT2D eigenvalue weighted by atomic mass is 16.5. The zero-order chi connectivity index (χ0) is 17.1. The maximum atomic E-state index is 12.1. The fourth-order valence-electron chi connectivity index (χ4n) is 6.33. The van der Waals surface area contributed by atoms with E-state index in [-0.39, 0.29) is 22.5 Å². The first-order chi connectivity index (χ1) is 10.6. The Morgan fingerprint density at radius 2 is 1.87 bits per heavy atom. The number of fused-ring (bicyclic) bond motifs is 2. The van der Waals surface area contributed by atoms with Gasteiger partial charge in [-0.2, -0.15) is 0 Å². The molecule has 1 spiro atoms. The number of carbonyl (C=O) groups is 1. The van der Waals surface area contributed by atoms with Gasteiger partial charge in [-0.3, -0.25) is 4.79 Å². The van der Waals surface area contributed by atoms with Gasteiger partial charge in [-0.25, -0.2) is 0 Å². The second-order valence-electron chi connectivity index (χ2n) is 9.03. The minimum atomic E-state index is -0.623. The van der Waals surface area contributed by atoms with Gasteiger partial charge in [0.1, 0.15) is 0 Å². The SMILES string of the molecule is C=C[C@@]1(C)CC[C@]2(O1)[C@H](C)CC[C@@H]1[C@@](C)(C(=O)O)CCC[C@]12C. The molecule has 3 nitrogen and oxygen atoms in total. The number of rotatable bonds is 2. The monoisotopic (exact) mass is 320 g/mol. The highest BCUT2D eigenvalue weighted by Gasteiger charge is 2.67. The summed E-state index contributed by atoms with van der Waals surface area (Å²) in [6.45, 7) is 12.7. The average Bonchev–Trinajstić information content (AvgIpc) is 2.85. The van der Waals surface area contributed by atoms with Crippen molar-refractivity contribution in [2.75, 3.05) is 0 Å². The van der Waals surface area contributed by atoms with Crippen LogP contribution in [0, 0.1) is 22.7 Å². The Bertz CT molecular complexity index is 529. The van der Waals surface area contributed by atoms with Crippen LogP contribution in [0.4, 0.5) is 0 Å². The van der Waals surface area contributed by atoms with E-state index in [1.54, 1.807) is 0 Å². The van der Waals surface area contributed by atoms with E-state index < -0.39 is 11.4 Å². The molecule has 1 N–H and O–H groups in total. The Hall–Kier alpha value is -0.830. The van der Waals surface area contributed by atoms with Crippen LogP contribution in [0.5, 0.6) is 0 Å². The Morgan fingerprint density at radius 3 is 2.43 bits per heavy atom. The molecule has 3 fully saturated rings. The van der Waals surface area contributed by atoms with Crippen molar-refractivity contribution in [3.8, 4) is 0 Å². The second-order valence-corrected chi connectivity index (χ2v) is 9.03. The molecule has 3 aliphatic rings. The molecular formula is C20H32O3. The molecule has 2 aliphatic carbocycles. The minimum Gasteiger partial charge on any atom is -0.481 e. The third-order valence-electron chi connectivity index (χ3n) is 7.91. The van der Waals surface area contributed by atoms with Crippen molar-refractivity contribution in [2.45, 2.75) is 83.8 Å². The molecule has 0 bridgehead atoms. The van der Waals surface area contributed by atoms with E-state index >= 15 is 0 Å². The van der Waals surface area contributed by atoms with Gasteiger partial charge in [0.15, 0.2) is 0 Å². The van der Waals surface area contributed by atoms with Crippen LogP contribution in [0.15, 0.2) is 12.7 Å². The number of aliphatic carboxylic acids is 1. The fraction of sp³-hybridized carbons (Fsp3) is 0.850. The van der Waals surface area contributed by atoms with Crippen LogP contribution in [0.25, 0.3) is 0 Å². The van der Waals surface area contributed by atoms with E-state index in [4.69, 9.17) is 4.74 Å². The Labute approximate surface area is 140 Å². The third kappa shape index (κ3) is 2.08. The summed E-state index contributed by atoms with van der Waals surface area (Å²) in [4.78, 5) is 12.1. The second kappa shape index (κ2) is 5.08. The van der Waals surface area contributed by atoms with Crippen LogP contribution in [-0.4, -0.2) is 22.3 Å². The van der Waals surface area contributed by atoms with Gasteiger partial charge < -0.3 is 9.84 Å². The zero-order valence-electron chi connectivity index (χ0n) is 15.2. The van der Waals surface area contributed by atoms with Crippen molar-refractivity contribution in [1.82, 2.24) is 0 Å². The third-order valence-corrected chi connectivity index (χ3v) is 7.91. The van der Waals surface area contributed by atoms with Crippen LogP contribution in [0.3, 0.4) is 0 Å². The van der Waals surface area contributed by atoms with Gasteiger partial charge in [-0.15, -0.1) is 6.58 Å². The summed E-state index contributed by atoms with van der Waals surface area (Å²) in [5, 5.41) is 9.94. The van der Waals surface area contributed by atoms with Gasteiger partial charge in [0, 0.05) is 5.41 Å². The lowest BCUT2D eigenvalue weighted by Gasteiger charge is -2.63. The smallest absolute Gasteiger partial charge is 0.309 e. The maximum absolute atomic E-state index is 12.1. The van der Waals surface area contributed by atoms with Gasteiger partial charge in [0.05, 0.1) is 16.6 Å². The van der Waals surface area contributed by atoms with Crippen molar-refractivity contribution >= 4 is 5.97 Å². The highest BCUT2D eigenvalue weighted by Crippen LogP contribution is 2.67. The van der Waals surface area contributed by atoms with Crippen LogP contribution in [-0.2, 0) is 9.53 Å². The summed E-state index contributed by atoms with van der Waals surface area (Å²) in [6, 6.07) is 0. The number of carboxylic acid groups (broad SMARTS) is 1. The number of hydrogen-bond donors (Lipinski definition) is 1. The van der Waals surface area contributed by atoms with Crippen molar-refractivity contribution in [3.05, 3.63) is 12.7 Å². The lowest BCUT2D eigenvalue weighted by molar-refractivity contribution is -0.240. The first-order valence-corrected chi connectivity index (χ1v) is 9.21. The summed E-state index contributed by atoms with van der Waals surface area (Å²) >= 11 is 0. The molecule has 1 aliphatic heterocycles. The predicted molar refractivity (Wildman–Crippen MR) is 91.2 cm³/mol. The van der Waals surface area contributed by atoms with Crippen molar-refractivity contribution in [2.24, 2.45) is 22.7 Å². The van der Waals surface area contributed by atoms with E-state index in [1.807, 2.05) is 13.0 Å². The average molecular weight is 320 g/mol. The molecule has 3 heteroatoms. The molecule has 3 rings (SSSR count). The van der Waals surface area contributed by atoms with Crippen molar-refractivity contribution < 1.29 is 14.6 Å². The van der Waals surface area contributed by atoms with E-state index in [0.29, 0.717) is 5.92 Å². The largest absolute Gasteiger partial charge is 0.481 e. The summed E-state index contributed by atoms with van der Waals surface area (Å²) in [5.74, 6) is 0.0499. The molecule has 0 radical (unpaired) electrons. The number of ether oxygens (including phenoxy) is 1. The quantitative estimate of drug-likeness (QED) is 0.743. The minimum absolute atomic E-state index is 0.0587. The van der Waals surface area contributed by atoms with Crippen molar-refractivity contribution in [3.63, 3.8) is 0 Å². The Morgan fingerprint density at radius 1 is 1.17 bits per heavy atom. The van der Waals surface area contributed by atoms with Crippen molar-refractivity contribution in [1.29, 1.82) is 0 Å². The summed E-state index contributed by atoms with van der Waals surface area (Å²) in [6.07, 6.45) is 8.90. The number of hydrogen-bond acceptors (Lipinski definition) is 2. The summed E-state index contributed by atoms with van der Waals surface area (Å²) in [7, 11) is 0. The van der Waals surface area contributed by atoms with Gasteiger partial charge in [-0.05, 0) is 64.2 Å². The van der Waals surface area contributed by atoms with E-state index in [2.05, 4.69) is 27.4 Å². The molecule has 0 aromatic heterocycles. The van der Waals surface area contributed by atoms with Gasteiger partial charge in [0.25, 0.3) is 0 Å². The van der Waals surface area contributed by atoms with Gasteiger partial charge >= 0.3 is 5.97 Å². The molecule has 23 heavy (non-hydrogen) atoms. The molecular weight excluding hydrogens is 288 g/mol. The Balaban J connectivity index is 2.07. The topological polar surface area (TPSA) is 46.5 Å². The van der Waals surface area contributed by atoms with E-state index in [0.717, 1.165) is 44.9 Å². The maximum Gasteiger partial charge on any atom is 0.309 e. The van der Waals surface area contributed by atoms with Gasteiger partial charge in [-0.1, -0.05) is 26.3 Å². The molecule has 2 saturated carbocycles. The van der Waals surface area contributed by atoms with E-state index in [1.165, 1.54) is 0 Å². The predicted octanol–water partition coefficient (Wildman–Crippen LogP) is 4.81. The highest BCUT2D eigenvalue weighted by molar-refractivity contribution is 5.75. The molecule has 6 atom stereocenters. The van der Waals surface area contributed by atoms with Crippen LogP contribution in [0.1, 0.15) is 72.6 Å². The summed E-state index contributed by atoms with van der Waals surface area (Å²) < 4.78 is 6.77. The lowest BCUT2D eigenvalue weighted by Crippen LogP contribution is -2.64. The summed E-state index contributed by atoms with van der Waals surface area (Å²) in [5.41, 5.74) is -1.14. The molecule has 0 aromatic rings. The molecule has 0 aromatic carbocycles. The van der Waals surface area contributed by atoms with E-state index in [9.17, 15) is 9.90 Å². The Kier molecular flexibility index (Phi) is 3.76. The van der Waals surface area contributed by atoms with Crippen LogP contribution in [0.2, 0.25) is 0 Å². The van der Waals surface area contributed by atoms with Gasteiger partial charge in [0.2, 0.25) is 0 Å². The lowest BCUT2D eigenvalue weighted by atomic mass is 9.44.